The van der Waals surface area contributed by atoms with Gasteiger partial charge in [0.15, 0.2) is 0 Å². The largest absolute Gasteiger partial charge is 0.495 e. The van der Waals surface area contributed by atoms with Gasteiger partial charge in [-0.1, -0.05) is 25.5 Å². The summed E-state index contributed by atoms with van der Waals surface area (Å²) < 4.78 is 5.36. The van der Waals surface area contributed by atoms with E-state index in [9.17, 15) is 0 Å². The van der Waals surface area contributed by atoms with Crippen LogP contribution in [0, 0.1) is 0 Å². The number of fused-ring (bicyclic) bond motifs is 1. The van der Waals surface area contributed by atoms with Gasteiger partial charge in [-0.25, -0.2) is 9.97 Å². The summed E-state index contributed by atoms with van der Waals surface area (Å²) in [7, 11) is 1.67. The molecule has 0 spiro atoms. The molecule has 1 aromatic heterocycles. The van der Waals surface area contributed by atoms with Gasteiger partial charge in [0.2, 0.25) is 5.95 Å². The van der Waals surface area contributed by atoms with Crippen molar-refractivity contribution in [3.05, 3.63) is 41.7 Å². The van der Waals surface area contributed by atoms with Crippen LogP contribution in [0.3, 0.4) is 0 Å². The van der Waals surface area contributed by atoms with Gasteiger partial charge >= 0.3 is 0 Å². The summed E-state index contributed by atoms with van der Waals surface area (Å²) in [5.74, 6) is 1.43. The maximum Gasteiger partial charge on any atom is 0.227 e. The summed E-state index contributed by atoms with van der Waals surface area (Å²) in [5, 5.41) is 3.26. The van der Waals surface area contributed by atoms with E-state index in [0.717, 1.165) is 43.2 Å². The molecule has 1 aromatic carbocycles. The first kappa shape index (κ1) is 15.7. The van der Waals surface area contributed by atoms with Crippen LogP contribution in [0.25, 0.3) is 0 Å². The predicted octanol–water partition coefficient (Wildman–Crippen LogP) is 3.39. The number of ether oxygens (including phenoxy) is 1. The van der Waals surface area contributed by atoms with Gasteiger partial charge in [0.1, 0.15) is 5.75 Å². The maximum atomic E-state index is 5.36. The Balaban J connectivity index is 1.72. The number of benzene rings is 1. The SMILES string of the molecule is CCCCN1CCc2nc(Nc3ccccc3OC)ncc2C1. The smallest absolute Gasteiger partial charge is 0.227 e. The van der Waals surface area contributed by atoms with E-state index in [1.807, 2.05) is 30.5 Å². The highest BCUT2D eigenvalue weighted by Crippen LogP contribution is 2.26. The number of unbranched alkanes of at least 4 members (excludes halogenated alkanes) is 1. The van der Waals surface area contributed by atoms with E-state index >= 15 is 0 Å². The number of aromatic nitrogens is 2. The normalized spacial score (nSPS) is 14.3. The van der Waals surface area contributed by atoms with Crippen LogP contribution >= 0.6 is 0 Å². The first-order valence-electron chi connectivity index (χ1n) is 8.27. The zero-order chi connectivity index (χ0) is 16.1. The average molecular weight is 312 g/mol. The fraction of sp³-hybridized carbons (Fsp3) is 0.444. The molecule has 23 heavy (non-hydrogen) atoms. The molecule has 0 aliphatic carbocycles. The van der Waals surface area contributed by atoms with Crippen LogP contribution in [0.4, 0.5) is 11.6 Å². The van der Waals surface area contributed by atoms with Gasteiger partial charge in [0, 0.05) is 31.3 Å². The van der Waals surface area contributed by atoms with Crippen molar-refractivity contribution in [2.24, 2.45) is 0 Å². The molecule has 2 heterocycles. The standard InChI is InChI=1S/C18H24N4O/c1-3-4-10-22-11-9-15-14(13-22)12-19-18(20-15)21-16-7-5-6-8-17(16)23-2/h5-8,12H,3-4,9-11,13H2,1-2H3,(H,19,20,21). The van der Waals surface area contributed by atoms with Crippen molar-refractivity contribution in [2.75, 3.05) is 25.5 Å². The Bertz CT molecular complexity index is 659. The molecule has 1 N–H and O–H groups in total. The van der Waals surface area contributed by atoms with Crippen molar-refractivity contribution in [1.29, 1.82) is 0 Å². The zero-order valence-corrected chi connectivity index (χ0v) is 13.9. The average Bonchev–Trinajstić information content (AvgIpc) is 2.60. The molecule has 0 amide bonds. The van der Waals surface area contributed by atoms with Crippen molar-refractivity contribution >= 4 is 11.6 Å². The van der Waals surface area contributed by atoms with E-state index in [1.54, 1.807) is 7.11 Å². The first-order valence-corrected chi connectivity index (χ1v) is 8.27. The lowest BCUT2D eigenvalue weighted by Gasteiger charge is -2.27. The van der Waals surface area contributed by atoms with E-state index in [4.69, 9.17) is 9.72 Å². The summed E-state index contributed by atoms with van der Waals surface area (Å²) in [6.45, 7) is 5.44. The van der Waals surface area contributed by atoms with E-state index in [1.165, 1.54) is 18.4 Å². The van der Waals surface area contributed by atoms with Crippen LogP contribution in [0.1, 0.15) is 31.0 Å². The van der Waals surface area contributed by atoms with E-state index in [2.05, 4.69) is 22.1 Å². The summed E-state index contributed by atoms with van der Waals surface area (Å²) in [5.41, 5.74) is 3.29. The second-order valence-electron chi connectivity index (χ2n) is 5.87. The Labute approximate surface area is 137 Å². The van der Waals surface area contributed by atoms with Crippen LogP contribution in [-0.4, -0.2) is 35.1 Å². The quantitative estimate of drug-likeness (QED) is 0.886. The number of hydrogen-bond acceptors (Lipinski definition) is 5. The van der Waals surface area contributed by atoms with Gasteiger partial charge in [-0.2, -0.15) is 0 Å². The third-order valence-corrected chi connectivity index (χ3v) is 4.19. The van der Waals surface area contributed by atoms with Crippen LogP contribution in [0.2, 0.25) is 0 Å². The summed E-state index contributed by atoms with van der Waals surface area (Å²) in [4.78, 5) is 11.7. The molecule has 5 heteroatoms. The third kappa shape index (κ3) is 3.79. The van der Waals surface area contributed by atoms with Crippen molar-refractivity contribution in [3.63, 3.8) is 0 Å². The lowest BCUT2D eigenvalue weighted by molar-refractivity contribution is 0.248. The van der Waals surface area contributed by atoms with E-state index < -0.39 is 0 Å². The van der Waals surface area contributed by atoms with Gasteiger partial charge in [-0.15, -0.1) is 0 Å². The second kappa shape index (κ2) is 7.42. The molecule has 0 radical (unpaired) electrons. The highest BCUT2D eigenvalue weighted by molar-refractivity contribution is 5.62. The zero-order valence-electron chi connectivity index (χ0n) is 13.9. The number of anilines is 2. The van der Waals surface area contributed by atoms with Gasteiger partial charge in [0.25, 0.3) is 0 Å². The fourth-order valence-corrected chi connectivity index (χ4v) is 2.88. The lowest BCUT2D eigenvalue weighted by atomic mass is 10.1. The molecule has 0 saturated carbocycles. The fourth-order valence-electron chi connectivity index (χ4n) is 2.88. The molecule has 5 nitrogen and oxygen atoms in total. The van der Waals surface area contributed by atoms with Gasteiger partial charge in [-0.3, -0.25) is 4.90 Å². The van der Waals surface area contributed by atoms with Crippen LogP contribution < -0.4 is 10.1 Å². The molecule has 1 aliphatic heterocycles. The molecule has 0 fully saturated rings. The Hall–Kier alpha value is -2.14. The summed E-state index contributed by atoms with van der Waals surface area (Å²) in [6, 6.07) is 7.80. The number of nitrogens with one attached hydrogen (secondary N) is 1. The van der Waals surface area contributed by atoms with Crippen molar-refractivity contribution in [2.45, 2.75) is 32.7 Å². The van der Waals surface area contributed by atoms with E-state index in [-0.39, 0.29) is 0 Å². The number of methoxy groups -OCH3 is 1. The van der Waals surface area contributed by atoms with Crippen LogP contribution in [0.15, 0.2) is 30.5 Å². The molecular formula is C18H24N4O. The topological polar surface area (TPSA) is 50.3 Å². The van der Waals surface area contributed by atoms with Crippen molar-refractivity contribution in [3.8, 4) is 5.75 Å². The van der Waals surface area contributed by atoms with Gasteiger partial charge < -0.3 is 10.1 Å². The van der Waals surface area contributed by atoms with Crippen molar-refractivity contribution < 1.29 is 4.74 Å². The maximum absolute atomic E-state index is 5.36. The Morgan fingerprint density at radius 1 is 1.30 bits per heavy atom. The monoisotopic (exact) mass is 312 g/mol. The Morgan fingerprint density at radius 3 is 3.00 bits per heavy atom. The predicted molar refractivity (Wildman–Crippen MR) is 92.2 cm³/mol. The van der Waals surface area contributed by atoms with Gasteiger partial charge in [0.05, 0.1) is 18.5 Å². The molecule has 1 aliphatic rings. The number of nitrogens with zero attached hydrogens (tertiary/aromatic N) is 3. The highest BCUT2D eigenvalue weighted by atomic mass is 16.5. The molecule has 122 valence electrons. The van der Waals surface area contributed by atoms with Crippen LogP contribution in [-0.2, 0) is 13.0 Å². The van der Waals surface area contributed by atoms with Gasteiger partial charge in [-0.05, 0) is 25.1 Å². The molecular weight excluding hydrogens is 288 g/mol. The molecule has 0 unspecified atom stereocenters. The highest BCUT2D eigenvalue weighted by Gasteiger charge is 2.18. The summed E-state index contributed by atoms with van der Waals surface area (Å²) >= 11 is 0. The molecule has 0 saturated heterocycles. The molecule has 0 bridgehead atoms. The number of hydrogen-bond donors (Lipinski definition) is 1. The lowest BCUT2D eigenvalue weighted by Crippen LogP contribution is -2.32. The molecule has 2 aromatic rings. The van der Waals surface area contributed by atoms with Crippen LogP contribution in [0.5, 0.6) is 5.75 Å². The summed E-state index contributed by atoms with van der Waals surface area (Å²) in [6.07, 6.45) is 5.44. The molecule has 3 rings (SSSR count). The number of rotatable bonds is 6. The Kier molecular flexibility index (Phi) is 5.08. The minimum absolute atomic E-state index is 0.634. The minimum Gasteiger partial charge on any atom is -0.495 e. The minimum atomic E-state index is 0.634. The first-order chi connectivity index (χ1) is 11.3. The van der Waals surface area contributed by atoms with E-state index in [0.29, 0.717) is 5.95 Å². The Morgan fingerprint density at radius 2 is 2.17 bits per heavy atom. The van der Waals surface area contributed by atoms with Crippen molar-refractivity contribution in [1.82, 2.24) is 14.9 Å². The second-order valence-corrected chi connectivity index (χ2v) is 5.87. The number of para-hydroxylation sites is 2. The third-order valence-electron chi connectivity index (χ3n) is 4.19. The molecule has 0 atom stereocenters.